The van der Waals surface area contributed by atoms with Crippen molar-refractivity contribution in [3.63, 3.8) is 0 Å². The summed E-state index contributed by atoms with van der Waals surface area (Å²) in [5, 5.41) is 14.9. The highest BCUT2D eigenvalue weighted by molar-refractivity contribution is 7.98. The molecular formula is C11H18N4O2S. The molecule has 6 nitrogen and oxygen atoms in total. The SMILES string of the molecule is CNc1ncc(CNC(CCSC)C(=O)O)cn1. The summed E-state index contributed by atoms with van der Waals surface area (Å²) in [5.74, 6) is 0.548. The average Bonchev–Trinajstić information content (AvgIpc) is 2.39. The first kappa shape index (κ1) is 14.7. The van der Waals surface area contributed by atoms with Crippen LogP contribution in [0.5, 0.6) is 0 Å². The zero-order chi connectivity index (χ0) is 13.4. The Morgan fingerprint density at radius 2 is 2.17 bits per heavy atom. The number of thioether (sulfide) groups is 1. The molecule has 100 valence electrons. The lowest BCUT2D eigenvalue weighted by atomic mass is 10.2. The van der Waals surface area contributed by atoms with Crippen LogP contribution in [-0.4, -0.2) is 46.1 Å². The monoisotopic (exact) mass is 270 g/mol. The molecule has 0 bridgehead atoms. The lowest BCUT2D eigenvalue weighted by molar-refractivity contribution is -0.139. The van der Waals surface area contributed by atoms with E-state index >= 15 is 0 Å². The van der Waals surface area contributed by atoms with Crippen LogP contribution in [0.2, 0.25) is 0 Å². The molecule has 1 aromatic heterocycles. The van der Waals surface area contributed by atoms with Gasteiger partial charge in [-0.25, -0.2) is 9.97 Å². The van der Waals surface area contributed by atoms with Crippen molar-refractivity contribution in [3.05, 3.63) is 18.0 Å². The number of carboxylic acids is 1. The van der Waals surface area contributed by atoms with Gasteiger partial charge in [-0.3, -0.25) is 4.79 Å². The van der Waals surface area contributed by atoms with Gasteiger partial charge in [-0.1, -0.05) is 0 Å². The molecule has 1 rings (SSSR count). The van der Waals surface area contributed by atoms with Gasteiger partial charge in [0.1, 0.15) is 6.04 Å². The molecule has 0 radical (unpaired) electrons. The molecular weight excluding hydrogens is 252 g/mol. The van der Waals surface area contributed by atoms with E-state index in [1.54, 1.807) is 31.2 Å². The number of nitrogens with zero attached hydrogens (tertiary/aromatic N) is 2. The van der Waals surface area contributed by atoms with Crippen LogP contribution in [0.15, 0.2) is 12.4 Å². The molecule has 0 aliphatic rings. The predicted molar refractivity (Wildman–Crippen MR) is 72.8 cm³/mol. The highest BCUT2D eigenvalue weighted by Gasteiger charge is 2.15. The molecule has 1 aromatic rings. The molecule has 3 N–H and O–H groups in total. The van der Waals surface area contributed by atoms with Crippen molar-refractivity contribution in [3.8, 4) is 0 Å². The largest absolute Gasteiger partial charge is 0.480 e. The smallest absolute Gasteiger partial charge is 0.320 e. The summed E-state index contributed by atoms with van der Waals surface area (Å²) in [6.45, 7) is 0.454. The van der Waals surface area contributed by atoms with Crippen LogP contribution in [0.4, 0.5) is 5.95 Å². The van der Waals surface area contributed by atoms with Crippen molar-refractivity contribution in [2.45, 2.75) is 19.0 Å². The molecule has 7 heteroatoms. The fourth-order valence-corrected chi connectivity index (χ4v) is 1.84. The van der Waals surface area contributed by atoms with E-state index in [1.165, 1.54) is 0 Å². The number of aliphatic carboxylic acids is 1. The van der Waals surface area contributed by atoms with Gasteiger partial charge in [-0.05, 0) is 18.4 Å². The minimum atomic E-state index is -0.822. The van der Waals surface area contributed by atoms with Gasteiger partial charge in [0.05, 0.1) is 0 Å². The van der Waals surface area contributed by atoms with Gasteiger partial charge >= 0.3 is 5.97 Å². The van der Waals surface area contributed by atoms with Crippen LogP contribution in [0.3, 0.4) is 0 Å². The molecule has 0 saturated carbocycles. The third kappa shape index (κ3) is 4.89. The van der Waals surface area contributed by atoms with E-state index in [9.17, 15) is 4.79 Å². The Labute approximate surface area is 111 Å². The molecule has 0 aliphatic carbocycles. The number of rotatable bonds is 8. The molecule has 18 heavy (non-hydrogen) atoms. The molecule has 0 fully saturated rings. The van der Waals surface area contributed by atoms with Gasteiger partial charge in [0, 0.05) is 31.5 Å². The number of aromatic nitrogens is 2. The third-order valence-electron chi connectivity index (χ3n) is 2.39. The van der Waals surface area contributed by atoms with Crippen LogP contribution >= 0.6 is 11.8 Å². The van der Waals surface area contributed by atoms with Crippen molar-refractivity contribution in [1.82, 2.24) is 15.3 Å². The second kappa shape index (κ2) is 7.88. The van der Waals surface area contributed by atoms with E-state index in [2.05, 4.69) is 20.6 Å². The Balaban J connectivity index is 2.47. The van der Waals surface area contributed by atoms with Gasteiger partial charge in [-0.2, -0.15) is 11.8 Å². The third-order valence-corrected chi connectivity index (χ3v) is 3.03. The van der Waals surface area contributed by atoms with Crippen molar-refractivity contribution in [1.29, 1.82) is 0 Å². The Morgan fingerprint density at radius 3 is 2.67 bits per heavy atom. The number of carboxylic acid groups (broad SMARTS) is 1. The van der Waals surface area contributed by atoms with E-state index in [0.29, 0.717) is 18.9 Å². The molecule has 0 amide bonds. The molecule has 0 aliphatic heterocycles. The van der Waals surface area contributed by atoms with Crippen LogP contribution in [0.25, 0.3) is 0 Å². The number of anilines is 1. The summed E-state index contributed by atoms with van der Waals surface area (Å²) in [6.07, 6.45) is 5.92. The van der Waals surface area contributed by atoms with E-state index < -0.39 is 12.0 Å². The Hall–Kier alpha value is -1.34. The van der Waals surface area contributed by atoms with Crippen molar-refractivity contribution >= 4 is 23.7 Å². The van der Waals surface area contributed by atoms with Crippen LogP contribution in [0, 0.1) is 0 Å². The highest BCUT2D eigenvalue weighted by Crippen LogP contribution is 2.04. The zero-order valence-corrected chi connectivity index (χ0v) is 11.3. The maximum atomic E-state index is 11.0. The topological polar surface area (TPSA) is 87.1 Å². The predicted octanol–water partition coefficient (Wildman–Crippen LogP) is 0.814. The second-order valence-corrected chi connectivity index (χ2v) is 4.70. The van der Waals surface area contributed by atoms with Crippen LogP contribution in [0.1, 0.15) is 12.0 Å². The van der Waals surface area contributed by atoms with E-state index in [1.807, 2.05) is 6.26 Å². The molecule has 0 aromatic carbocycles. The summed E-state index contributed by atoms with van der Waals surface area (Å²) in [6, 6.07) is -0.526. The highest BCUT2D eigenvalue weighted by atomic mass is 32.2. The summed E-state index contributed by atoms with van der Waals surface area (Å²) in [5.41, 5.74) is 0.865. The maximum Gasteiger partial charge on any atom is 0.320 e. The van der Waals surface area contributed by atoms with Gasteiger partial charge in [-0.15, -0.1) is 0 Å². The number of hydrogen-bond donors (Lipinski definition) is 3. The molecule has 1 atom stereocenters. The minimum absolute atomic E-state index is 0.454. The van der Waals surface area contributed by atoms with Gasteiger partial charge in [0.25, 0.3) is 0 Å². The average molecular weight is 270 g/mol. The number of carbonyl (C=O) groups is 1. The molecule has 0 spiro atoms. The number of hydrogen-bond acceptors (Lipinski definition) is 6. The fraction of sp³-hybridized carbons (Fsp3) is 0.545. The van der Waals surface area contributed by atoms with Crippen LogP contribution < -0.4 is 10.6 Å². The fourth-order valence-electron chi connectivity index (χ4n) is 1.36. The lowest BCUT2D eigenvalue weighted by Crippen LogP contribution is -2.36. The van der Waals surface area contributed by atoms with Crippen LogP contribution in [-0.2, 0) is 11.3 Å². The molecule has 1 unspecified atom stereocenters. The first-order valence-electron chi connectivity index (χ1n) is 5.61. The molecule has 0 saturated heterocycles. The number of nitrogens with one attached hydrogen (secondary N) is 2. The first-order valence-corrected chi connectivity index (χ1v) is 7.00. The summed E-state index contributed by atoms with van der Waals surface area (Å²) >= 11 is 1.64. The van der Waals surface area contributed by atoms with E-state index in [0.717, 1.165) is 11.3 Å². The molecule has 1 heterocycles. The van der Waals surface area contributed by atoms with Crippen molar-refractivity contribution in [2.75, 3.05) is 24.4 Å². The van der Waals surface area contributed by atoms with Gasteiger partial charge in [0.15, 0.2) is 0 Å². The quantitative estimate of drug-likeness (QED) is 0.644. The standard InChI is InChI=1S/C11H18N4O2S/c1-12-11-14-6-8(7-15-11)5-13-9(10(16)17)3-4-18-2/h6-7,9,13H,3-5H2,1-2H3,(H,16,17)(H,12,14,15). The zero-order valence-electron chi connectivity index (χ0n) is 10.5. The summed E-state index contributed by atoms with van der Waals surface area (Å²) in [7, 11) is 1.75. The van der Waals surface area contributed by atoms with Gasteiger partial charge < -0.3 is 15.7 Å². The Morgan fingerprint density at radius 1 is 1.50 bits per heavy atom. The van der Waals surface area contributed by atoms with E-state index in [4.69, 9.17) is 5.11 Å². The van der Waals surface area contributed by atoms with Gasteiger partial charge in [0.2, 0.25) is 5.95 Å². The Kier molecular flexibility index (Phi) is 6.45. The summed E-state index contributed by atoms with van der Waals surface area (Å²) in [4.78, 5) is 19.2. The normalized spacial score (nSPS) is 12.1. The minimum Gasteiger partial charge on any atom is -0.480 e. The Bertz CT molecular complexity index is 372. The lowest BCUT2D eigenvalue weighted by Gasteiger charge is -2.13. The van der Waals surface area contributed by atoms with Crippen molar-refractivity contribution < 1.29 is 9.90 Å². The first-order chi connectivity index (χ1) is 8.67. The maximum absolute atomic E-state index is 11.0. The second-order valence-electron chi connectivity index (χ2n) is 3.72. The van der Waals surface area contributed by atoms with E-state index in [-0.39, 0.29) is 0 Å². The summed E-state index contributed by atoms with van der Waals surface area (Å²) < 4.78 is 0. The van der Waals surface area contributed by atoms with Crippen molar-refractivity contribution in [2.24, 2.45) is 0 Å².